The number of morpholine rings is 1. The van der Waals surface area contributed by atoms with Crippen molar-refractivity contribution in [2.75, 3.05) is 25.1 Å². The van der Waals surface area contributed by atoms with Crippen LogP contribution in [0.25, 0.3) is 11.3 Å². The van der Waals surface area contributed by atoms with Crippen molar-refractivity contribution in [1.29, 1.82) is 0 Å². The molecule has 224 valence electrons. The predicted octanol–water partition coefficient (Wildman–Crippen LogP) is 3.42. The van der Waals surface area contributed by atoms with Crippen LogP contribution < -0.4 is 16.4 Å². The Hall–Kier alpha value is -5.31. The first-order valence-corrected chi connectivity index (χ1v) is 14.0. The Morgan fingerprint density at radius 3 is 2.57 bits per heavy atom. The van der Waals surface area contributed by atoms with Gasteiger partial charge in [0.15, 0.2) is 0 Å². The number of halogens is 1. The van der Waals surface area contributed by atoms with Gasteiger partial charge < -0.3 is 31.1 Å². The van der Waals surface area contributed by atoms with Gasteiger partial charge in [0.2, 0.25) is 5.91 Å². The molecule has 12 heteroatoms. The number of ether oxygens (including phenoxy) is 1. The number of nitrogens with one attached hydrogen (secondary N) is 2. The number of aryl methyl sites for hydroxylation is 1. The SMILES string of the molecule is Cn1cc(C#Cc2ccc(NC(=O)[C@@H]3COCCN3C(=O)[C@H](NC(N)=O)c3ccccc3)cc2)c(-c2cc(Cl)ccc2O)n1. The monoisotopic (exact) mass is 612 g/mol. The summed E-state index contributed by atoms with van der Waals surface area (Å²) < 4.78 is 7.13. The number of anilines is 1. The summed E-state index contributed by atoms with van der Waals surface area (Å²) in [6.45, 7) is 0.407. The molecule has 1 saturated heterocycles. The zero-order valence-corrected chi connectivity index (χ0v) is 24.4. The van der Waals surface area contributed by atoms with Gasteiger partial charge in [-0.2, -0.15) is 5.10 Å². The lowest BCUT2D eigenvalue weighted by molar-refractivity contribution is -0.148. The molecule has 0 bridgehead atoms. The van der Waals surface area contributed by atoms with Crippen LogP contribution in [0, 0.1) is 11.8 Å². The fourth-order valence-electron chi connectivity index (χ4n) is 4.80. The molecule has 1 aromatic heterocycles. The fourth-order valence-corrected chi connectivity index (χ4v) is 4.98. The molecule has 5 N–H and O–H groups in total. The minimum atomic E-state index is -1.05. The maximum Gasteiger partial charge on any atom is 0.313 e. The van der Waals surface area contributed by atoms with E-state index in [1.54, 1.807) is 84.7 Å². The van der Waals surface area contributed by atoms with Crippen molar-refractivity contribution in [2.45, 2.75) is 12.1 Å². The van der Waals surface area contributed by atoms with E-state index in [2.05, 4.69) is 27.6 Å². The average Bonchev–Trinajstić information content (AvgIpc) is 3.40. The summed E-state index contributed by atoms with van der Waals surface area (Å²) in [6, 6.07) is 17.5. The largest absolute Gasteiger partial charge is 0.507 e. The number of carbonyl (C=O) groups is 3. The number of nitrogens with two attached hydrogens (primary N) is 1. The Balaban J connectivity index is 1.30. The highest BCUT2D eigenvalue weighted by Gasteiger charge is 2.37. The number of rotatable bonds is 6. The van der Waals surface area contributed by atoms with Crippen molar-refractivity contribution >= 4 is 35.1 Å². The zero-order valence-electron chi connectivity index (χ0n) is 23.7. The summed E-state index contributed by atoms with van der Waals surface area (Å²) >= 11 is 6.12. The number of phenols is 1. The van der Waals surface area contributed by atoms with Crippen LogP contribution in [0.2, 0.25) is 5.02 Å². The Kier molecular flexibility index (Phi) is 9.14. The first-order valence-electron chi connectivity index (χ1n) is 13.6. The van der Waals surface area contributed by atoms with Crippen molar-refractivity contribution in [2.24, 2.45) is 12.8 Å². The molecule has 11 nitrogen and oxygen atoms in total. The lowest BCUT2D eigenvalue weighted by atomic mass is 10.0. The second kappa shape index (κ2) is 13.3. The highest BCUT2D eigenvalue weighted by Crippen LogP contribution is 2.32. The number of aromatic hydroxyl groups is 1. The van der Waals surface area contributed by atoms with E-state index in [0.717, 1.165) is 0 Å². The number of nitrogens with zero attached hydrogens (tertiary/aromatic N) is 3. The molecule has 1 fully saturated rings. The molecule has 0 aliphatic carbocycles. The molecule has 1 aliphatic heterocycles. The Morgan fingerprint density at radius 1 is 1.09 bits per heavy atom. The van der Waals surface area contributed by atoms with E-state index in [1.165, 1.54) is 11.0 Å². The standard InChI is InChI=1S/C32H29ClN6O5/c1-38-18-22(28(37-38)25-17-23(33)11-14-27(25)40)10-7-20-8-12-24(13-9-20)35-30(41)26-19-44-16-15-39(26)31(42)29(36-32(34)43)21-5-3-2-4-6-21/h2-6,8-9,11-14,17-18,26,29,40H,15-16,19H2,1H3,(H,35,41)(H3,34,36,43)/t26-,29+/m0/s1. The molecule has 2 atom stereocenters. The molecule has 2 heterocycles. The minimum Gasteiger partial charge on any atom is -0.507 e. The molecule has 0 radical (unpaired) electrons. The third-order valence-electron chi connectivity index (χ3n) is 6.92. The second-order valence-electron chi connectivity index (χ2n) is 10.0. The van der Waals surface area contributed by atoms with Crippen LogP contribution in [0.3, 0.4) is 0 Å². The van der Waals surface area contributed by atoms with Gasteiger partial charge in [0, 0.05) is 41.6 Å². The number of carbonyl (C=O) groups excluding carboxylic acids is 3. The predicted molar refractivity (Wildman–Crippen MR) is 165 cm³/mol. The lowest BCUT2D eigenvalue weighted by Crippen LogP contribution is -2.57. The summed E-state index contributed by atoms with van der Waals surface area (Å²) in [5.74, 6) is 5.30. The number of phenolic OH excluding ortho intramolecular Hbond substituents is 1. The molecule has 4 aromatic rings. The Morgan fingerprint density at radius 2 is 1.84 bits per heavy atom. The van der Waals surface area contributed by atoms with Crippen molar-refractivity contribution in [3.8, 4) is 28.8 Å². The molecule has 1 aliphatic rings. The number of amides is 4. The van der Waals surface area contributed by atoms with Gasteiger partial charge in [-0.1, -0.05) is 53.8 Å². The van der Waals surface area contributed by atoms with Crippen LogP contribution in [-0.2, 0) is 21.4 Å². The van der Waals surface area contributed by atoms with Gasteiger partial charge in [-0.3, -0.25) is 14.3 Å². The van der Waals surface area contributed by atoms with Crippen LogP contribution in [-0.4, -0.2) is 63.4 Å². The van der Waals surface area contributed by atoms with Crippen molar-refractivity contribution < 1.29 is 24.2 Å². The van der Waals surface area contributed by atoms with Gasteiger partial charge in [0.05, 0.1) is 18.8 Å². The minimum absolute atomic E-state index is 0.00512. The highest BCUT2D eigenvalue weighted by atomic mass is 35.5. The molecule has 44 heavy (non-hydrogen) atoms. The highest BCUT2D eigenvalue weighted by molar-refractivity contribution is 6.31. The Bertz CT molecular complexity index is 1750. The molecular formula is C32H29ClN6O5. The third-order valence-corrected chi connectivity index (χ3v) is 7.15. The first-order chi connectivity index (χ1) is 21.2. The number of aromatic nitrogens is 2. The van der Waals surface area contributed by atoms with Crippen LogP contribution in [0.4, 0.5) is 10.5 Å². The quantitative estimate of drug-likeness (QED) is 0.245. The van der Waals surface area contributed by atoms with Crippen molar-refractivity contribution in [1.82, 2.24) is 20.0 Å². The van der Waals surface area contributed by atoms with Crippen LogP contribution in [0.15, 0.2) is 79.0 Å². The summed E-state index contributed by atoms with van der Waals surface area (Å²) in [4.78, 5) is 40.0. The second-order valence-corrected chi connectivity index (χ2v) is 10.5. The summed E-state index contributed by atoms with van der Waals surface area (Å²) in [6.07, 6.45) is 1.75. The molecule has 0 unspecified atom stereocenters. The summed E-state index contributed by atoms with van der Waals surface area (Å²) in [5, 5.41) is 20.5. The van der Waals surface area contributed by atoms with Gasteiger partial charge in [-0.05, 0) is 48.0 Å². The zero-order chi connectivity index (χ0) is 31.2. The van der Waals surface area contributed by atoms with E-state index in [4.69, 9.17) is 22.1 Å². The van der Waals surface area contributed by atoms with Crippen LogP contribution in [0.5, 0.6) is 5.75 Å². The van der Waals surface area contributed by atoms with E-state index >= 15 is 0 Å². The normalized spacial score (nSPS) is 15.0. The number of hydrogen-bond acceptors (Lipinski definition) is 6. The lowest BCUT2D eigenvalue weighted by Gasteiger charge is -2.36. The number of hydrogen-bond donors (Lipinski definition) is 4. The molecule has 0 saturated carbocycles. The fraction of sp³-hybridized carbons (Fsp3) is 0.188. The maximum atomic E-state index is 13.6. The van der Waals surface area contributed by atoms with Crippen LogP contribution >= 0.6 is 11.6 Å². The van der Waals surface area contributed by atoms with Crippen LogP contribution in [0.1, 0.15) is 22.7 Å². The van der Waals surface area contributed by atoms with Crippen molar-refractivity contribution in [3.63, 3.8) is 0 Å². The number of benzene rings is 3. The van der Waals surface area contributed by atoms with E-state index in [1.807, 2.05) is 0 Å². The van der Waals surface area contributed by atoms with E-state index in [0.29, 0.717) is 38.7 Å². The van der Waals surface area contributed by atoms with Crippen molar-refractivity contribution in [3.05, 3.63) is 101 Å². The smallest absolute Gasteiger partial charge is 0.313 e. The van der Waals surface area contributed by atoms with Gasteiger partial charge in [-0.25, -0.2) is 4.79 Å². The van der Waals surface area contributed by atoms with Gasteiger partial charge in [0.25, 0.3) is 5.91 Å². The Labute approximate surface area is 258 Å². The average molecular weight is 613 g/mol. The van der Waals surface area contributed by atoms with Gasteiger partial charge in [-0.15, -0.1) is 0 Å². The summed E-state index contributed by atoms with van der Waals surface area (Å²) in [7, 11) is 1.76. The molecule has 4 amide bonds. The number of primary amides is 1. The van der Waals surface area contributed by atoms with E-state index in [9.17, 15) is 19.5 Å². The molecule has 3 aromatic carbocycles. The van der Waals surface area contributed by atoms with E-state index < -0.39 is 29.9 Å². The van der Waals surface area contributed by atoms with Gasteiger partial charge >= 0.3 is 6.03 Å². The van der Waals surface area contributed by atoms with E-state index in [-0.39, 0.29) is 25.5 Å². The third kappa shape index (κ3) is 7.00. The summed E-state index contributed by atoms with van der Waals surface area (Å²) in [5.41, 5.74) is 8.64. The topological polar surface area (TPSA) is 152 Å². The molecule has 5 rings (SSSR count). The molecular weight excluding hydrogens is 584 g/mol. The molecule has 0 spiro atoms. The van der Waals surface area contributed by atoms with Gasteiger partial charge in [0.1, 0.15) is 23.5 Å². The maximum absolute atomic E-state index is 13.6. The number of urea groups is 1. The first kappa shape index (κ1) is 30.2.